The number of azo groups is 1. The number of halogens is 3. The molecule has 0 unspecified atom stereocenters. The number of aromatic hydroxyl groups is 2. The van der Waals surface area contributed by atoms with Crippen molar-refractivity contribution < 1.29 is 15.0 Å². The predicted molar refractivity (Wildman–Crippen MR) is 100 cm³/mol. The van der Waals surface area contributed by atoms with Crippen LogP contribution in [0.1, 0.15) is 10.4 Å². The van der Waals surface area contributed by atoms with Gasteiger partial charge in [-0.25, -0.2) is 0 Å². The lowest BCUT2D eigenvalue weighted by molar-refractivity contribution is 0.0992. The number of hydrogen-bond acceptors (Lipinski definition) is 4. The number of amides is 1. The maximum atomic E-state index is 12.1. The first-order chi connectivity index (χ1) is 11.4. The average Bonchev–Trinajstić information content (AvgIpc) is 2.83. The highest BCUT2D eigenvalue weighted by atomic mass is 79.9. The van der Waals surface area contributed by atoms with E-state index < -0.39 is 5.91 Å². The second kappa shape index (κ2) is 6.66. The summed E-state index contributed by atoms with van der Waals surface area (Å²) in [6.45, 7) is 0. The molecule has 0 aliphatic heterocycles. The van der Waals surface area contributed by atoms with Crippen LogP contribution in [-0.2, 0) is 0 Å². The Morgan fingerprint density at radius 1 is 1.04 bits per heavy atom. The number of nitrogens with zero attached hydrogens (tertiary/aromatic N) is 2. The summed E-state index contributed by atoms with van der Waals surface area (Å²) in [6.07, 6.45) is 0. The standard InChI is InChI=1S/C15H8Br3N3O3/c16-6-1-2-11(22)8(3-6)14(23)21-20-13-9-4-7(17)5-10(18)12(9)19-15(13)24/h1-5,19,22,24H. The lowest BCUT2D eigenvalue weighted by Gasteiger charge is -2.00. The molecular formula is C15H8Br3N3O3. The van der Waals surface area contributed by atoms with E-state index in [1.54, 1.807) is 12.1 Å². The molecule has 1 heterocycles. The van der Waals surface area contributed by atoms with Gasteiger partial charge in [-0.1, -0.05) is 31.9 Å². The second-order valence-electron chi connectivity index (χ2n) is 4.80. The zero-order valence-corrected chi connectivity index (χ0v) is 16.5. The first-order valence-corrected chi connectivity index (χ1v) is 8.89. The van der Waals surface area contributed by atoms with Crippen molar-refractivity contribution in [3.05, 3.63) is 49.3 Å². The summed E-state index contributed by atoms with van der Waals surface area (Å²) in [5.74, 6) is -1.13. The van der Waals surface area contributed by atoms with Crippen LogP contribution in [-0.4, -0.2) is 21.1 Å². The van der Waals surface area contributed by atoms with Gasteiger partial charge in [0.15, 0.2) is 5.69 Å². The maximum absolute atomic E-state index is 12.1. The van der Waals surface area contributed by atoms with Crippen molar-refractivity contribution in [3.8, 4) is 11.6 Å². The van der Waals surface area contributed by atoms with E-state index >= 15 is 0 Å². The Bertz CT molecular complexity index is 999. The molecule has 0 aliphatic rings. The number of nitrogens with one attached hydrogen (secondary N) is 1. The number of phenols is 1. The molecule has 0 aliphatic carbocycles. The number of hydrogen-bond donors (Lipinski definition) is 3. The third-order valence-electron chi connectivity index (χ3n) is 3.21. The maximum Gasteiger partial charge on any atom is 0.299 e. The molecule has 0 saturated heterocycles. The fourth-order valence-electron chi connectivity index (χ4n) is 2.12. The third-order valence-corrected chi connectivity index (χ3v) is 4.78. The van der Waals surface area contributed by atoms with Gasteiger partial charge in [-0.05, 0) is 46.3 Å². The van der Waals surface area contributed by atoms with Crippen molar-refractivity contribution in [2.24, 2.45) is 10.2 Å². The first kappa shape index (κ1) is 17.1. The molecule has 2 aromatic carbocycles. The van der Waals surface area contributed by atoms with Crippen molar-refractivity contribution in [3.63, 3.8) is 0 Å². The SMILES string of the molecule is O=C(N=Nc1c(O)[nH]c2c(Br)cc(Br)cc12)c1cc(Br)ccc1O. The van der Waals surface area contributed by atoms with E-state index in [1.807, 2.05) is 6.07 Å². The van der Waals surface area contributed by atoms with E-state index in [4.69, 9.17) is 0 Å². The number of fused-ring (bicyclic) bond motifs is 1. The summed E-state index contributed by atoms with van der Waals surface area (Å²) in [4.78, 5) is 14.9. The molecule has 0 saturated carbocycles. The number of benzene rings is 2. The summed E-state index contributed by atoms with van der Waals surface area (Å²) in [5, 5.41) is 27.8. The van der Waals surface area contributed by atoms with Gasteiger partial charge in [-0.2, -0.15) is 0 Å². The largest absolute Gasteiger partial charge is 0.507 e. The molecule has 0 fully saturated rings. The van der Waals surface area contributed by atoms with Crippen molar-refractivity contribution in [2.45, 2.75) is 0 Å². The lowest BCUT2D eigenvalue weighted by Crippen LogP contribution is -1.94. The zero-order chi connectivity index (χ0) is 17.4. The Labute approximate surface area is 161 Å². The van der Waals surface area contributed by atoms with Crippen molar-refractivity contribution in [2.75, 3.05) is 0 Å². The Balaban J connectivity index is 2.03. The molecule has 3 aromatic rings. The molecule has 122 valence electrons. The highest BCUT2D eigenvalue weighted by Crippen LogP contribution is 2.40. The Morgan fingerprint density at radius 3 is 2.54 bits per heavy atom. The minimum atomic E-state index is -0.725. The van der Waals surface area contributed by atoms with Gasteiger partial charge in [0, 0.05) is 18.8 Å². The number of aromatic amines is 1. The van der Waals surface area contributed by atoms with Crippen LogP contribution < -0.4 is 0 Å². The highest BCUT2D eigenvalue weighted by Gasteiger charge is 2.15. The summed E-state index contributed by atoms with van der Waals surface area (Å²) in [5.41, 5.74) is 0.770. The van der Waals surface area contributed by atoms with E-state index in [2.05, 4.69) is 63.0 Å². The number of rotatable bonds is 2. The van der Waals surface area contributed by atoms with Gasteiger partial charge in [0.25, 0.3) is 5.91 Å². The number of H-pyrrole nitrogens is 1. The van der Waals surface area contributed by atoms with Gasteiger partial charge in [-0.3, -0.25) is 4.79 Å². The number of carbonyl (C=O) groups is 1. The summed E-state index contributed by atoms with van der Waals surface area (Å²) in [6, 6.07) is 7.97. The van der Waals surface area contributed by atoms with Crippen LogP contribution in [0.5, 0.6) is 11.6 Å². The zero-order valence-electron chi connectivity index (χ0n) is 11.7. The molecular weight excluding hydrogens is 510 g/mol. The van der Waals surface area contributed by atoms with E-state index in [1.165, 1.54) is 12.1 Å². The first-order valence-electron chi connectivity index (χ1n) is 6.51. The molecule has 3 N–H and O–H groups in total. The Hall–Kier alpha value is -1.71. The van der Waals surface area contributed by atoms with Crippen LogP contribution in [0.4, 0.5) is 5.69 Å². The predicted octanol–water partition coefficient (Wildman–Crippen LogP) is 5.79. The highest BCUT2D eigenvalue weighted by molar-refractivity contribution is 9.11. The normalized spacial score (nSPS) is 11.5. The molecule has 6 nitrogen and oxygen atoms in total. The molecule has 0 bridgehead atoms. The van der Waals surface area contributed by atoms with E-state index in [0.29, 0.717) is 15.4 Å². The molecule has 9 heteroatoms. The van der Waals surface area contributed by atoms with Crippen molar-refractivity contribution in [1.82, 2.24) is 4.98 Å². The molecule has 0 atom stereocenters. The minimum Gasteiger partial charge on any atom is -0.507 e. The van der Waals surface area contributed by atoms with Crippen LogP contribution in [0.15, 0.2) is 54.0 Å². The molecule has 3 rings (SSSR count). The molecule has 24 heavy (non-hydrogen) atoms. The lowest BCUT2D eigenvalue weighted by atomic mass is 10.2. The summed E-state index contributed by atoms with van der Waals surface area (Å²) in [7, 11) is 0. The van der Waals surface area contributed by atoms with Crippen molar-refractivity contribution >= 4 is 70.3 Å². The monoisotopic (exact) mass is 515 g/mol. The molecule has 1 amide bonds. The van der Waals surface area contributed by atoms with E-state index in [9.17, 15) is 15.0 Å². The van der Waals surface area contributed by atoms with Gasteiger partial charge in [-0.15, -0.1) is 10.2 Å². The van der Waals surface area contributed by atoms with Gasteiger partial charge in [0.2, 0.25) is 5.88 Å². The second-order valence-corrected chi connectivity index (χ2v) is 7.48. The van der Waals surface area contributed by atoms with Gasteiger partial charge >= 0.3 is 0 Å². The Kier molecular flexibility index (Phi) is 4.75. The van der Waals surface area contributed by atoms with Crippen LogP contribution in [0, 0.1) is 0 Å². The third kappa shape index (κ3) is 3.24. The summed E-state index contributed by atoms with van der Waals surface area (Å²) >= 11 is 9.96. The molecule has 0 radical (unpaired) electrons. The van der Waals surface area contributed by atoms with Crippen LogP contribution >= 0.6 is 47.8 Å². The average molecular weight is 518 g/mol. The quantitative estimate of drug-likeness (QED) is 0.375. The van der Waals surface area contributed by atoms with Crippen LogP contribution in [0.2, 0.25) is 0 Å². The van der Waals surface area contributed by atoms with E-state index in [-0.39, 0.29) is 22.9 Å². The topological polar surface area (TPSA) is 98.0 Å². The fraction of sp³-hybridized carbons (Fsp3) is 0. The van der Waals surface area contributed by atoms with Gasteiger partial charge in [0.05, 0.1) is 11.1 Å². The van der Waals surface area contributed by atoms with Gasteiger partial charge < -0.3 is 15.2 Å². The van der Waals surface area contributed by atoms with Crippen molar-refractivity contribution in [1.29, 1.82) is 0 Å². The number of aromatic nitrogens is 1. The summed E-state index contributed by atoms with van der Waals surface area (Å²) < 4.78 is 2.12. The number of carbonyl (C=O) groups excluding carboxylic acids is 1. The van der Waals surface area contributed by atoms with Crippen LogP contribution in [0.25, 0.3) is 10.9 Å². The van der Waals surface area contributed by atoms with Crippen LogP contribution in [0.3, 0.4) is 0 Å². The van der Waals surface area contributed by atoms with Gasteiger partial charge in [0.1, 0.15) is 5.75 Å². The number of phenolic OH excluding ortho intramolecular Hbond substituents is 1. The fourth-order valence-corrected chi connectivity index (χ4v) is 3.81. The minimum absolute atomic E-state index is 0.00909. The molecule has 1 aromatic heterocycles. The molecule has 0 spiro atoms. The Morgan fingerprint density at radius 2 is 1.79 bits per heavy atom. The smallest absolute Gasteiger partial charge is 0.299 e. The van der Waals surface area contributed by atoms with E-state index in [0.717, 1.165) is 8.95 Å².